The van der Waals surface area contributed by atoms with E-state index in [1.807, 2.05) is 6.92 Å². The van der Waals surface area contributed by atoms with Gasteiger partial charge in [0.15, 0.2) is 0 Å². The molecule has 0 saturated heterocycles. The lowest BCUT2D eigenvalue weighted by atomic mass is 10.1. The van der Waals surface area contributed by atoms with E-state index in [2.05, 4.69) is 15.5 Å². The highest BCUT2D eigenvalue weighted by atomic mass is 35.5. The molecule has 1 aromatic heterocycles. The molecule has 2 rings (SSSR count). The maximum absolute atomic E-state index is 11.7. The van der Waals surface area contributed by atoms with Gasteiger partial charge < -0.3 is 5.11 Å². The Labute approximate surface area is 120 Å². The zero-order valence-corrected chi connectivity index (χ0v) is 11.4. The highest BCUT2D eigenvalue weighted by Crippen LogP contribution is 2.27. The first-order chi connectivity index (χ1) is 9.58. The number of carbonyl (C=O) groups is 1. The van der Waals surface area contributed by atoms with Gasteiger partial charge in [-0.15, -0.1) is 0 Å². The molecule has 0 unspecified atom stereocenters. The van der Waals surface area contributed by atoms with Gasteiger partial charge >= 0.3 is 0 Å². The van der Waals surface area contributed by atoms with Crippen LogP contribution in [0.5, 0.6) is 5.75 Å². The van der Waals surface area contributed by atoms with Crippen LogP contribution in [0.25, 0.3) is 0 Å². The monoisotopic (exact) mass is 289 g/mol. The summed E-state index contributed by atoms with van der Waals surface area (Å²) in [5, 5.41) is 13.8. The van der Waals surface area contributed by atoms with Crippen LogP contribution in [-0.2, 0) is 0 Å². The van der Waals surface area contributed by atoms with Crippen molar-refractivity contribution in [2.45, 2.75) is 6.92 Å². The number of rotatable bonds is 3. The molecule has 20 heavy (non-hydrogen) atoms. The molecule has 0 aliphatic heterocycles. The average Bonchev–Trinajstić information content (AvgIpc) is 2.44. The summed E-state index contributed by atoms with van der Waals surface area (Å²) in [6.07, 6.45) is 4.38. The van der Waals surface area contributed by atoms with Gasteiger partial charge in [0, 0.05) is 23.5 Å². The summed E-state index contributed by atoms with van der Waals surface area (Å²) in [7, 11) is 0. The minimum atomic E-state index is -0.359. The van der Waals surface area contributed by atoms with Crippen molar-refractivity contribution in [2.24, 2.45) is 5.10 Å². The number of phenols is 1. The van der Waals surface area contributed by atoms with Crippen molar-refractivity contribution in [2.75, 3.05) is 0 Å². The smallest absolute Gasteiger partial charge is 0.271 e. The normalized spacial score (nSPS) is 10.7. The Morgan fingerprint density at radius 2 is 2.10 bits per heavy atom. The summed E-state index contributed by atoms with van der Waals surface area (Å²) in [5.41, 5.74) is 4.13. The van der Waals surface area contributed by atoms with Crippen LogP contribution in [0.4, 0.5) is 0 Å². The third kappa shape index (κ3) is 3.33. The molecule has 0 aliphatic carbocycles. The number of aromatic hydroxyl groups is 1. The lowest BCUT2D eigenvalue weighted by Gasteiger charge is -2.03. The van der Waals surface area contributed by atoms with Gasteiger partial charge in [-0.1, -0.05) is 11.6 Å². The molecule has 0 radical (unpaired) electrons. The van der Waals surface area contributed by atoms with Crippen molar-refractivity contribution < 1.29 is 9.90 Å². The van der Waals surface area contributed by atoms with Gasteiger partial charge in [0.2, 0.25) is 0 Å². The zero-order chi connectivity index (χ0) is 14.5. The van der Waals surface area contributed by atoms with Crippen molar-refractivity contribution in [1.29, 1.82) is 0 Å². The quantitative estimate of drug-likeness (QED) is 0.673. The Morgan fingerprint density at radius 3 is 2.80 bits per heavy atom. The molecule has 0 bridgehead atoms. The summed E-state index contributed by atoms with van der Waals surface area (Å²) < 4.78 is 0. The molecule has 0 spiro atoms. The maximum atomic E-state index is 11.7. The number of nitrogens with zero attached hydrogens (tertiary/aromatic N) is 2. The molecule has 0 aliphatic rings. The molecule has 0 atom stereocenters. The number of carbonyl (C=O) groups excluding carboxylic acids is 1. The van der Waals surface area contributed by atoms with Crippen LogP contribution in [0, 0.1) is 6.92 Å². The first-order valence-corrected chi connectivity index (χ1v) is 6.18. The molecule has 1 amide bonds. The number of hydrogen-bond donors (Lipinski definition) is 2. The molecular formula is C14H12ClN3O2. The standard InChI is InChI=1S/C14H12ClN3O2/c1-9-6-11(13(19)12(15)7-9)8-17-18-14(20)10-2-4-16-5-3-10/h2-8,19H,1H3,(H,18,20). The zero-order valence-electron chi connectivity index (χ0n) is 10.7. The van der Waals surface area contributed by atoms with Gasteiger partial charge in [-0.3, -0.25) is 9.78 Å². The Kier molecular flexibility index (Phi) is 4.32. The molecular weight excluding hydrogens is 278 g/mol. The summed E-state index contributed by atoms with van der Waals surface area (Å²) in [6.45, 7) is 1.85. The molecule has 2 aromatic rings. The Bertz CT molecular complexity index is 657. The molecule has 102 valence electrons. The van der Waals surface area contributed by atoms with E-state index in [1.54, 1.807) is 24.3 Å². The Morgan fingerprint density at radius 1 is 1.40 bits per heavy atom. The Balaban J connectivity index is 2.10. The van der Waals surface area contributed by atoms with Crippen molar-refractivity contribution in [1.82, 2.24) is 10.4 Å². The fourth-order valence-corrected chi connectivity index (χ4v) is 1.87. The van der Waals surface area contributed by atoms with Crippen molar-refractivity contribution in [3.63, 3.8) is 0 Å². The van der Waals surface area contributed by atoms with E-state index in [1.165, 1.54) is 18.6 Å². The number of phenolic OH excluding ortho intramolecular Hbond substituents is 1. The largest absolute Gasteiger partial charge is 0.506 e. The van der Waals surface area contributed by atoms with Crippen molar-refractivity contribution in [3.05, 3.63) is 58.4 Å². The predicted molar refractivity (Wildman–Crippen MR) is 77.2 cm³/mol. The highest BCUT2D eigenvalue weighted by Gasteiger charge is 2.06. The van der Waals surface area contributed by atoms with E-state index in [-0.39, 0.29) is 16.7 Å². The van der Waals surface area contributed by atoms with E-state index in [4.69, 9.17) is 11.6 Å². The van der Waals surface area contributed by atoms with Crippen molar-refractivity contribution in [3.8, 4) is 5.75 Å². The van der Waals surface area contributed by atoms with Gasteiger partial charge in [-0.25, -0.2) is 5.43 Å². The lowest BCUT2D eigenvalue weighted by Crippen LogP contribution is -2.17. The number of hydrogen-bond acceptors (Lipinski definition) is 4. The number of halogens is 1. The molecule has 6 heteroatoms. The molecule has 1 heterocycles. The van der Waals surface area contributed by atoms with Gasteiger partial charge in [0.05, 0.1) is 11.2 Å². The molecule has 2 N–H and O–H groups in total. The second-order valence-corrected chi connectivity index (χ2v) is 4.53. The van der Waals surface area contributed by atoms with E-state index in [0.29, 0.717) is 11.1 Å². The minimum Gasteiger partial charge on any atom is -0.506 e. The number of hydrazone groups is 1. The molecule has 1 aromatic carbocycles. The second kappa shape index (κ2) is 6.16. The van der Waals surface area contributed by atoms with Crippen LogP contribution in [-0.4, -0.2) is 22.2 Å². The fraction of sp³-hybridized carbons (Fsp3) is 0.0714. The van der Waals surface area contributed by atoms with Gasteiger partial charge in [-0.2, -0.15) is 5.10 Å². The third-order valence-electron chi connectivity index (χ3n) is 2.55. The van der Waals surface area contributed by atoms with E-state index in [9.17, 15) is 9.90 Å². The summed E-state index contributed by atoms with van der Waals surface area (Å²) >= 11 is 5.85. The number of aryl methyl sites for hydroxylation is 1. The number of amides is 1. The van der Waals surface area contributed by atoms with E-state index in [0.717, 1.165) is 5.56 Å². The third-order valence-corrected chi connectivity index (χ3v) is 2.84. The summed E-state index contributed by atoms with van der Waals surface area (Å²) in [4.78, 5) is 15.5. The first-order valence-electron chi connectivity index (χ1n) is 5.80. The average molecular weight is 290 g/mol. The van der Waals surface area contributed by atoms with E-state index >= 15 is 0 Å². The van der Waals surface area contributed by atoms with Gasteiger partial charge in [0.25, 0.3) is 5.91 Å². The molecule has 5 nitrogen and oxygen atoms in total. The number of benzene rings is 1. The predicted octanol–water partition coefficient (Wildman–Crippen LogP) is 2.51. The van der Waals surface area contributed by atoms with Crippen LogP contribution in [0.15, 0.2) is 41.8 Å². The lowest BCUT2D eigenvalue weighted by molar-refractivity contribution is 0.0955. The van der Waals surface area contributed by atoms with Crippen LogP contribution in [0.1, 0.15) is 21.5 Å². The van der Waals surface area contributed by atoms with Crippen molar-refractivity contribution >= 4 is 23.7 Å². The topological polar surface area (TPSA) is 74.6 Å². The van der Waals surface area contributed by atoms with Crippen LogP contribution < -0.4 is 5.43 Å². The van der Waals surface area contributed by atoms with E-state index < -0.39 is 0 Å². The summed E-state index contributed by atoms with van der Waals surface area (Å²) in [5.74, 6) is -0.430. The molecule has 0 saturated carbocycles. The minimum absolute atomic E-state index is 0.0702. The number of pyridine rings is 1. The van der Waals surface area contributed by atoms with Gasteiger partial charge in [0.1, 0.15) is 5.75 Å². The number of nitrogens with one attached hydrogen (secondary N) is 1. The maximum Gasteiger partial charge on any atom is 0.271 e. The number of aromatic nitrogens is 1. The summed E-state index contributed by atoms with van der Waals surface area (Å²) in [6, 6.07) is 6.50. The first kappa shape index (κ1) is 14.0. The molecule has 0 fully saturated rings. The Hall–Kier alpha value is -2.40. The second-order valence-electron chi connectivity index (χ2n) is 4.12. The highest BCUT2D eigenvalue weighted by molar-refractivity contribution is 6.32. The fourth-order valence-electron chi connectivity index (χ4n) is 1.59. The van der Waals surface area contributed by atoms with Crippen LogP contribution >= 0.6 is 11.6 Å². The van der Waals surface area contributed by atoms with Crippen LogP contribution in [0.3, 0.4) is 0 Å². The SMILES string of the molecule is Cc1cc(Cl)c(O)c(C=NNC(=O)c2ccncc2)c1. The van der Waals surface area contributed by atoms with Gasteiger partial charge in [-0.05, 0) is 36.8 Å². The van der Waals surface area contributed by atoms with Crippen LogP contribution in [0.2, 0.25) is 5.02 Å².